The summed E-state index contributed by atoms with van der Waals surface area (Å²) in [7, 11) is -3.71. The Kier molecular flexibility index (Phi) is 4.82. The Morgan fingerprint density at radius 2 is 1.81 bits per heavy atom. The SMILES string of the molecule is Cc1ccccc1NS(=O)(=O)c1ccc2c(c1)[C@H]1C=CC[C@H]1[C@@H](c1ccc(F)cc1)N2. The molecule has 6 heteroatoms. The number of aryl methyl sites for hydroxylation is 1. The van der Waals surface area contributed by atoms with E-state index in [2.05, 4.69) is 22.2 Å². The molecule has 1 aliphatic carbocycles. The number of hydrogen-bond donors (Lipinski definition) is 2. The topological polar surface area (TPSA) is 58.2 Å². The Morgan fingerprint density at radius 3 is 2.58 bits per heavy atom. The summed E-state index contributed by atoms with van der Waals surface area (Å²) < 4.78 is 42.2. The summed E-state index contributed by atoms with van der Waals surface area (Å²) in [5.41, 5.74) is 4.37. The van der Waals surface area contributed by atoms with Gasteiger partial charge in [0.25, 0.3) is 10.0 Å². The van der Waals surface area contributed by atoms with Gasteiger partial charge in [-0.15, -0.1) is 0 Å². The van der Waals surface area contributed by atoms with E-state index in [0.717, 1.165) is 28.8 Å². The van der Waals surface area contributed by atoms with Crippen molar-refractivity contribution in [3.05, 3.63) is 101 Å². The third-order valence-electron chi connectivity index (χ3n) is 6.26. The van der Waals surface area contributed by atoms with Crippen molar-refractivity contribution in [2.24, 2.45) is 5.92 Å². The van der Waals surface area contributed by atoms with Gasteiger partial charge < -0.3 is 5.32 Å². The molecule has 158 valence electrons. The van der Waals surface area contributed by atoms with Crippen LogP contribution in [0.3, 0.4) is 0 Å². The van der Waals surface area contributed by atoms with E-state index < -0.39 is 10.0 Å². The van der Waals surface area contributed by atoms with Crippen molar-refractivity contribution in [1.29, 1.82) is 0 Å². The molecule has 0 fully saturated rings. The number of benzene rings is 3. The maximum absolute atomic E-state index is 13.4. The molecule has 4 nitrogen and oxygen atoms in total. The number of anilines is 2. The van der Waals surface area contributed by atoms with Crippen molar-refractivity contribution < 1.29 is 12.8 Å². The van der Waals surface area contributed by atoms with Crippen molar-refractivity contribution in [2.75, 3.05) is 10.0 Å². The zero-order valence-corrected chi connectivity index (χ0v) is 17.9. The van der Waals surface area contributed by atoms with Crippen LogP contribution in [0.2, 0.25) is 0 Å². The molecule has 3 aromatic carbocycles. The predicted molar refractivity (Wildman–Crippen MR) is 121 cm³/mol. The number of rotatable bonds is 4. The summed E-state index contributed by atoms with van der Waals surface area (Å²) in [5, 5.41) is 3.56. The molecule has 0 saturated carbocycles. The van der Waals surface area contributed by atoms with Crippen LogP contribution in [0.25, 0.3) is 0 Å². The maximum atomic E-state index is 13.4. The van der Waals surface area contributed by atoms with Crippen molar-refractivity contribution in [3.8, 4) is 0 Å². The molecule has 0 amide bonds. The molecule has 3 aromatic rings. The summed E-state index contributed by atoms with van der Waals surface area (Å²) in [6, 6.07) is 19.2. The smallest absolute Gasteiger partial charge is 0.261 e. The Bertz CT molecular complexity index is 1270. The van der Waals surface area contributed by atoms with E-state index in [0.29, 0.717) is 5.69 Å². The summed E-state index contributed by atoms with van der Waals surface area (Å²) >= 11 is 0. The van der Waals surface area contributed by atoms with Crippen molar-refractivity contribution in [3.63, 3.8) is 0 Å². The van der Waals surface area contributed by atoms with Gasteiger partial charge in [-0.25, -0.2) is 12.8 Å². The number of para-hydroxylation sites is 1. The number of fused-ring (bicyclic) bond motifs is 3. The van der Waals surface area contributed by atoms with Crippen LogP contribution in [-0.4, -0.2) is 8.42 Å². The molecule has 0 aromatic heterocycles. The highest BCUT2D eigenvalue weighted by atomic mass is 32.2. The average molecular weight is 435 g/mol. The van der Waals surface area contributed by atoms with Crippen LogP contribution < -0.4 is 10.0 Å². The summed E-state index contributed by atoms with van der Waals surface area (Å²) in [4.78, 5) is 0.246. The molecule has 31 heavy (non-hydrogen) atoms. The first-order chi connectivity index (χ1) is 14.9. The summed E-state index contributed by atoms with van der Waals surface area (Å²) in [6.45, 7) is 1.87. The third kappa shape index (κ3) is 3.61. The van der Waals surface area contributed by atoms with Gasteiger partial charge in [0, 0.05) is 11.6 Å². The first-order valence-electron chi connectivity index (χ1n) is 10.3. The van der Waals surface area contributed by atoms with E-state index in [9.17, 15) is 12.8 Å². The standard InChI is InChI=1S/C25H23FN2O2S/c1-16-5-2-3-8-23(16)28-31(29,30)19-13-14-24-22(15-19)20-6-4-7-21(20)25(27-24)17-9-11-18(26)12-10-17/h2-6,8-15,20-21,25,27-28H,7H2,1H3/t20-,21+,25+/m0/s1. The van der Waals surface area contributed by atoms with Gasteiger partial charge in [-0.3, -0.25) is 4.72 Å². The molecular weight excluding hydrogens is 411 g/mol. The molecule has 0 bridgehead atoms. The number of hydrogen-bond acceptors (Lipinski definition) is 3. The van der Waals surface area contributed by atoms with E-state index in [1.165, 1.54) is 12.1 Å². The van der Waals surface area contributed by atoms with Gasteiger partial charge in [0.05, 0.1) is 16.6 Å². The highest BCUT2D eigenvalue weighted by Crippen LogP contribution is 2.50. The second-order valence-electron chi connectivity index (χ2n) is 8.20. The lowest BCUT2D eigenvalue weighted by Crippen LogP contribution is -2.29. The number of nitrogens with one attached hydrogen (secondary N) is 2. The zero-order chi connectivity index (χ0) is 21.6. The Hall–Kier alpha value is -3.12. The van der Waals surface area contributed by atoms with Gasteiger partial charge in [0.2, 0.25) is 0 Å². The zero-order valence-electron chi connectivity index (χ0n) is 17.0. The molecule has 5 rings (SSSR count). The van der Waals surface area contributed by atoms with E-state index >= 15 is 0 Å². The number of halogens is 1. The normalized spacial score (nSPS) is 21.8. The van der Waals surface area contributed by atoms with Gasteiger partial charge in [0.1, 0.15) is 5.82 Å². The van der Waals surface area contributed by atoms with Gasteiger partial charge in [-0.2, -0.15) is 0 Å². The molecule has 0 unspecified atom stereocenters. The molecule has 3 atom stereocenters. The van der Waals surface area contributed by atoms with E-state index in [1.807, 2.05) is 43.3 Å². The first kappa shape index (κ1) is 19.8. The molecule has 0 radical (unpaired) electrons. The lowest BCUT2D eigenvalue weighted by atomic mass is 9.77. The second kappa shape index (κ2) is 7.54. The van der Waals surface area contributed by atoms with Gasteiger partial charge in [-0.05, 0) is 72.4 Å². The molecular formula is C25H23FN2O2S. The third-order valence-corrected chi connectivity index (χ3v) is 7.63. The first-order valence-corrected chi connectivity index (χ1v) is 11.8. The monoisotopic (exact) mass is 434 g/mol. The molecule has 2 aliphatic rings. The Balaban J connectivity index is 1.50. The average Bonchev–Trinajstić information content (AvgIpc) is 3.25. The van der Waals surface area contributed by atoms with E-state index in [-0.39, 0.29) is 28.6 Å². The van der Waals surface area contributed by atoms with Crippen LogP contribution in [-0.2, 0) is 10.0 Å². The van der Waals surface area contributed by atoms with Crippen molar-refractivity contribution in [2.45, 2.75) is 30.2 Å². The lowest BCUT2D eigenvalue weighted by molar-refractivity contribution is 0.424. The lowest BCUT2D eigenvalue weighted by Gasteiger charge is -2.37. The fourth-order valence-electron chi connectivity index (χ4n) is 4.63. The van der Waals surface area contributed by atoms with Crippen LogP contribution in [0, 0.1) is 18.7 Å². The molecule has 1 aliphatic heterocycles. The van der Waals surface area contributed by atoms with Crippen LogP contribution in [0.15, 0.2) is 83.8 Å². The summed E-state index contributed by atoms with van der Waals surface area (Å²) in [5.74, 6) is 0.109. The van der Waals surface area contributed by atoms with Crippen LogP contribution in [0.5, 0.6) is 0 Å². The molecule has 0 spiro atoms. The molecule has 2 N–H and O–H groups in total. The second-order valence-corrected chi connectivity index (χ2v) is 9.88. The minimum atomic E-state index is -3.71. The number of sulfonamides is 1. The fourth-order valence-corrected chi connectivity index (χ4v) is 5.80. The van der Waals surface area contributed by atoms with Crippen molar-refractivity contribution >= 4 is 21.4 Å². The highest BCUT2D eigenvalue weighted by Gasteiger charge is 2.38. The highest BCUT2D eigenvalue weighted by molar-refractivity contribution is 7.92. The van der Waals surface area contributed by atoms with Crippen molar-refractivity contribution in [1.82, 2.24) is 0 Å². The molecule has 0 saturated heterocycles. The minimum absolute atomic E-state index is 0.0423. The Morgan fingerprint density at radius 1 is 1.03 bits per heavy atom. The fraction of sp³-hybridized carbons (Fsp3) is 0.200. The van der Waals surface area contributed by atoms with Crippen LogP contribution >= 0.6 is 0 Å². The van der Waals surface area contributed by atoms with E-state index in [4.69, 9.17) is 0 Å². The van der Waals surface area contributed by atoms with Gasteiger partial charge in [0.15, 0.2) is 0 Å². The predicted octanol–water partition coefficient (Wildman–Crippen LogP) is 5.76. The quantitative estimate of drug-likeness (QED) is 0.513. The summed E-state index contributed by atoms with van der Waals surface area (Å²) in [6.07, 6.45) is 5.19. The molecule has 1 heterocycles. The van der Waals surface area contributed by atoms with Crippen LogP contribution in [0.1, 0.15) is 35.1 Å². The van der Waals surface area contributed by atoms with Crippen LogP contribution in [0.4, 0.5) is 15.8 Å². The number of allylic oxidation sites excluding steroid dienone is 2. The largest absolute Gasteiger partial charge is 0.378 e. The van der Waals surface area contributed by atoms with E-state index in [1.54, 1.807) is 18.2 Å². The minimum Gasteiger partial charge on any atom is -0.378 e. The Labute approximate surface area is 181 Å². The maximum Gasteiger partial charge on any atom is 0.261 e. The van der Waals surface area contributed by atoms with Gasteiger partial charge in [-0.1, -0.05) is 42.5 Å². The van der Waals surface area contributed by atoms with Gasteiger partial charge >= 0.3 is 0 Å².